The van der Waals surface area contributed by atoms with E-state index in [4.69, 9.17) is 4.74 Å². The van der Waals surface area contributed by atoms with Gasteiger partial charge in [-0.3, -0.25) is 9.59 Å². The van der Waals surface area contributed by atoms with Crippen LogP contribution in [-0.2, 0) is 24.8 Å². The van der Waals surface area contributed by atoms with Crippen molar-refractivity contribution in [3.63, 3.8) is 0 Å². The van der Waals surface area contributed by atoms with Crippen molar-refractivity contribution in [2.24, 2.45) is 7.05 Å². The van der Waals surface area contributed by atoms with Crippen molar-refractivity contribution in [3.8, 4) is 0 Å². The van der Waals surface area contributed by atoms with Crippen molar-refractivity contribution in [3.05, 3.63) is 40.3 Å². The van der Waals surface area contributed by atoms with E-state index in [0.29, 0.717) is 26.1 Å². The molecule has 1 N–H and O–H groups in total. The molecule has 0 unspecified atom stereocenters. The lowest BCUT2D eigenvalue weighted by atomic mass is 10.3. The molecule has 0 atom stereocenters. The van der Waals surface area contributed by atoms with Crippen LogP contribution in [0.3, 0.4) is 0 Å². The first-order valence-electron chi connectivity index (χ1n) is 6.80. The molecule has 0 radical (unpaired) electrons. The molecule has 9 heteroatoms. The number of ether oxygens (including phenoxy) is 1. The first kappa shape index (κ1) is 15.8. The number of rotatable bonds is 7. The Labute approximate surface area is 126 Å². The van der Waals surface area contributed by atoms with Gasteiger partial charge >= 0.3 is 0 Å². The van der Waals surface area contributed by atoms with Gasteiger partial charge in [-0.25, -0.2) is 4.68 Å². The summed E-state index contributed by atoms with van der Waals surface area (Å²) < 4.78 is 8.01. The summed E-state index contributed by atoms with van der Waals surface area (Å²) in [7, 11) is 3.13. The van der Waals surface area contributed by atoms with E-state index in [1.54, 1.807) is 13.4 Å². The van der Waals surface area contributed by atoms with Gasteiger partial charge < -0.3 is 14.6 Å². The molecule has 9 nitrogen and oxygen atoms in total. The number of nitrogens with zero attached hydrogens (tertiary/aromatic N) is 5. The SMILES string of the molecule is COCCn1cnnc1CCNC(=O)c1ccc(=O)n(C)n1. The second-order valence-electron chi connectivity index (χ2n) is 4.62. The fourth-order valence-corrected chi connectivity index (χ4v) is 1.85. The van der Waals surface area contributed by atoms with Gasteiger partial charge in [0.1, 0.15) is 17.8 Å². The van der Waals surface area contributed by atoms with Crippen LogP contribution in [0.4, 0.5) is 0 Å². The van der Waals surface area contributed by atoms with Crippen LogP contribution in [0.25, 0.3) is 0 Å². The molecule has 0 aliphatic heterocycles. The summed E-state index contributed by atoms with van der Waals surface area (Å²) in [5, 5.41) is 14.5. The van der Waals surface area contributed by atoms with Gasteiger partial charge in [0.2, 0.25) is 0 Å². The second-order valence-corrected chi connectivity index (χ2v) is 4.62. The van der Waals surface area contributed by atoms with Crippen LogP contribution in [0.5, 0.6) is 0 Å². The molecule has 0 bridgehead atoms. The summed E-state index contributed by atoms with van der Waals surface area (Å²) in [5.41, 5.74) is -0.0641. The predicted octanol–water partition coefficient (Wildman–Crippen LogP) is -1.01. The highest BCUT2D eigenvalue weighted by Gasteiger charge is 2.09. The highest BCUT2D eigenvalue weighted by Crippen LogP contribution is 1.97. The molecule has 2 heterocycles. The van der Waals surface area contributed by atoms with E-state index < -0.39 is 0 Å². The lowest BCUT2D eigenvalue weighted by Gasteiger charge is -2.07. The van der Waals surface area contributed by atoms with Crippen molar-refractivity contribution in [1.82, 2.24) is 29.9 Å². The lowest BCUT2D eigenvalue weighted by molar-refractivity contribution is 0.0946. The van der Waals surface area contributed by atoms with E-state index in [9.17, 15) is 9.59 Å². The van der Waals surface area contributed by atoms with E-state index in [0.717, 1.165) is 10.5 Å². The smallest absolute Gasteiger partial charge is 0.271 e. The Hall–Kier alpha value is -2.55. The maximum atomic E-state index is 11.9. The molecule has 0 saturated carbocycles. The zero-order chi connectivity index (χ0) is 15.9. The number of hydrogen-bond donors (Lipinski definition) is 1. The van der Waals surface area contributed by atoms with E-state index in [1.807, 2.05) is 4.57 Å². The van der Waals surface area contributed by atoms with Crippen LogP contribution in [0.2, 0.25) is 0 Å². The molecular weight excluding hydrogens is 288 g/mol. The number of carbonyl (C=O) groups is 1. The molecule has 22 heavy (non-hydrogen) atoms. The maximum Gasteiger partial charge on any atom is 0.271 e. The van der Waals surface area contributed by atoms with Crippen molar-refractivity contribution in [2.45, 2.75) is 13.0 Å². The maximum absolute atomic E-state index is 11.9. The first-order chi connectivity index (χ1) is 10.6. The molecule has 118 valence electrons. The number of aromatic nitrogens is 5. The van der Waals surface area contributed by atoms with E-state index >= 15 is 0 Å². The van der Waals surface area contributed by atoms with E-state index in [1.165, 1.54) is 19.2 Å². The predicted molar refractivity (Wildman–Crippen MR) is 77.4 cm³/mol. The fourth-order valence-electron chi connectivity index (χ4n) is 1.85. The Morgan fingerprint density at radius 1 is 1.41 bits per heavy atom. The third-order valence-corrected chi connectivity index (χ3v) is 3.06. The fraction of sp³-hybridized carbons (Fsp3) is 0.462. The molecule has 0 fully saturated rings. The molecule has 1 amide bonds. The average Bonchev–Trinajstić information content (AvgIpc) is 2.95. The Balaban J connectivity index is 1.88. The molecule has 0 aromatic carbocycles. The topological polar surface area (TPSA) is 104 Å². The summed E-state index contributed by atoms with van der Waals surface area (Å²) in [6.45, 7) is 1.63. The van der Waals surface area contributed by atoms with Gasteiger partial charge in [0.05, 0.1) is 6.61 Å². The number of aryl methyl sites for hydroxylation is 1. The molecule has 0 spiro atoms. The Morgan fingerprint density at radius 3 is 2.95 bits per heavy atom. The highest BCUT2D eigenvalue weighted by molar-refractivity contribution is 5.91. The summed E-state index contributed by atoms with van der Waals surface area (Å²) in [6, 6.07) is 2.71. The van der Waals surface area contributed by atoms with Crippen LogP contribution in [-0.4, -0.2) is 50.7 Å². The van der Waals surface area contributed by atoms with Gasteiger partial charge in [0.15, 0.2) is 0 Å². The van der Waals surface area contributed by atoms with Crippen LogP contribution in [0.15, 0.2) is 23.3 Å². The second kappa shape index (κ2) is 7.46. The third-order valence-electron chi connectivity index (χ3n) is 3.06. The molecular formula is C13H18N6O3. The molecule has 0 aliphatic carbocycles. The minimum absolute atomic E-state index is 0.197. The minimum atomic E-state index is -0.335. The minimum Gasteiger partial charge on any atom is -0.383 e. The van der Waals surface area contributed by atoms with Gasteiger partial charge in [-0.15, -0.1) is 10.2 Å². The van der Waals surface area contributed by atoms with Crippen LogP contribution in [0, 0.1) is 0 Å². The Bertz CT molecular complexity index is 693. The summed E-state index contributed by atoms with van der Waals surface area (Å²) in [5.74, 6) is 0.435. The van der Waals surface area contributed by atoms with E-state index in [2.05, 4.69) is 20.6 Å². The summed E-state index contributed by atoms with van der Waals surface area (Å²) in [4.78, 5) is 23.2. The summed E-state index contributed by atoms with van der Waals surface area (Å²) >= 11 is 0. The van der Waals surface area contributed by atoms with Crippen LogP contribution < -0.4 is 10.9 Å². The van der Waals surface area contributed by atoms with Gasteiger partial charge in [0.25, 0.3) is 11.5 Å². The lowest BCUT2D eigenvalue weighted by Crippen LogP contribution is -2.30. The zero-order valence-corrected chi connectivity index (χ0v) is 12.5. The molecule has 0 aliphatic rings. The Morgan fingerprint density at radius 2 is 2.23 bits per heavy atom. The van der Waals surface area contributed by atoms with Crippen LogP contribution >= 0.6 is 0 Å². The average molecular weight is 306 g/mol. The number of methoxy groups -OCH3 is 1. The van der Waals surface area contributed by atoms with Crippen molar-refractivity contribution in [2.75, 3.05) is 20.3 Å². The van der Waals surface area contributed by atoms with Gasteiger partial charge in [-0.2, -0.15) is 5.10 Å². The number of hydrogen-bond acceptors (Lipinski definition) is 6. The van der Waals surface area contributed by atoms with Gasteiger partial charge in [-0.05, 0) is 6.07 Å². The van der Waals surface area contributed by atoms with Crippen molar-refractivity contribution >= 4 is 5.91 Å². The number of amides is 1. The normalized spacial score (nSPS) is 10.6. The third kappa shape index (κ3) is 3.98. The van der Waals surface area contributed by atoms with Crippen LogP contribution in [0.1, 0.15) is 16.3 Å². The summed E-state index contributed by atoms with van der Waals surface area (Å²) in [6.07, 6.45) is 2.17. The van der Waals surface area contributed by atoms with Crippen molar-refractivity contribution < 1.29 is 9.53 Å². The first-order valence-corrected chi connectivity index (χ1v) is 6.80. The standard InChI is InChI=1S/C13H18N6O3/c1-18-12(20)4-3-10(17-18)13(21)14-6-5-11-16-15-9-19(11)7-8-22-2/h3-4,9H,5-8H2,1-2H3,(H,14,21). The van der Waals surface area contributed by atoms with Gasteiger partial charge in [-0.1, -0.05) is 0 Å². The quantitative estimate of drug-likeness (QED) is 0.703. The molecule has 2 aromatic heterocycles. The van der Waals surface area contributed by atoms with E-state index in [-0.39, 0.29) is 17.2 Å². The largest absolute Gasteiger partial charge is 0.383 e. The molecule has 2 aromatic rings. The zero-order valence-electron chi connectivity index (χ0n) is 12.5. The molecule has 2 rings (SSSR count). The molecule has 0 saturated heterocycles. The number of carbonyl (C=O) groups excluding carboxylic acids is 1. The number of nitrogens with one attached hydrogen (secondary N) is 1. The monoisotopic (exact) mass is 306 g/mol. The van der Waals surface area contributed by atoms with Gasteiger partial charge in [0, 0.05) is 39.7 Å². The Kier molecular flexibility index (Phi) is 5.37. The highest BCUT2D eigenvalue weighted by atomic mass is 16.5. The van der Waals surface area contributed by atoms with Crippen molar-refractivity contribution in [1.29, 1.82) is 0 Å².